The Morgan fingerprint density at radius 1 is 1.33 bits per heavy atom. The number of hydrogen-bond donors (Lipinski definition) is 2. The summed E-state index contributed by atoms with van der Waals surface area (Å²) in [6, 6.07) is 6.31. The van der Waals surface area contributed by atoms with E-state index in [4.69, 9.17) is 11.6 Å². The lowest BCUT2D eigenvalue weighted by atomic mass is 10.2. The van der Waals surface area contributed by atoms with Crippen LogP contribution < -0.4 is 10.6 Å². The summed E-state index contributed by atoms with van der Waals surface area (Å²) >= 11 is 5.76. The zero-order valence-corrected chi connectivity index (χ0v) is 11.0. The van der Waals surface area contributed by atoms with E-state index in [1.807, 2.05) is 0 Å². The van der Waals surface area contributed by atoms with E-state index in [0.29, 0.717) is 5.02 Å². The van der Waals surface area contributed by atoms with Crippen LogP contribution in [0.2, 0.25) is 5.02 Å². The molecule has 18 heavy (non-hydrogen) atoms. The molecule has 0 radical (unpaired) electrons. The maximum atomic E-state index is 11.4. The molecule has 1 aromatic rings. The van der Waals surface area contributed by atoms with Crippen molar-refractivity contribution in [2.75, 3.05) is 19.0 Å². The van der Waals surface area contributed by atoms with Crippen molar-refractivity contribution in [1.29, 1.82) is 0 Å². The van der Waals surface area contributed by atoms with Crippen molar-refractivity contribution in [2.24, 2.45) is 0 Å². The molecule has 0 spiro atoms. The molecule has 0 aliphatic heterocycles. The molecule has 0 saturated carbocycles. The maximum absolute atomic E-state index is 11.4. The van der Waals surface area contributed by atoms with Gasteiger partial charge in [0.1, 0.15) is 6.04 Å². The summed E-state index contributed by atoms with van der Waals surface area (Å²) in [6.07, 6.45) is 0. The first-order valence-corrected chi connectivity index (χ1v) is 5.75. The number of nitrogens with one attached hydrogen (secondary N) is 2. The van der Waals surface area contributed by atoms with E-state index in [2.05, 4.69) is 15.4 Å². The molecule has 0 fully saturated rings. The number of anilines is 1. The lowest BCUT2D eigenvalue weighted by Gasteiger charge is -2.16. The summed E-state index contributed by atoms with van der Waals surface area (Å²) in [6.45, 7) is 1.59. The summed E-state index contributed by atoms with van der Waals surface area (Å²) in [5, 5.41) is 6.16. The van der Waals surface area contributed by atoms with Crippen molar-refractivity contribution in [2.45, 2.75) is 13.0 Å². The van der Waals surface area contributed by atoms with Gasteiger partial charge in [0.15, 0.2) is 0 Å². The molecule has 0 bridgehead atoms. The molecule has 6 heteroatoms. The molecule has 0 aliphatic carbocycles. The number of carbonyl (C=O) groups excluding carboxylic acids is 2. The van der Waals surface area contributed by atoms with Gasteiger partial charge in [-0.2, -0.15) is 0 Å². The van der Waals surface area contributed by atoms with Crippen LogP contribution in [0.5, 0.6) is 0 Å². The minimum absolute atomic E-state index is 0.244. The highest BCUT2D eigenvalue weighted by atomic mass is 35.5. The minimum Gasteiger partial charge on any atom is -0.467 e. The standard InChI is InChI=1S/C12H15ClN2O3/c1-8(16)15-11(12(17)18-2)7-14-10-5-3-9(13)4-6-10/h3-6,11,14H,7H2,1-2H3,(H,15,16). The predicted molar refractivity (Wildman–Crippen MR) is 69.6 cm³/mol. The number of hydrogen-bond acceptors (Lipinski definition) is 4. The Kier molecular flexibility index (Phi) is 5.45. The number of amides is 1. The van der Waals surface area contributed by atoms with Gasteiger partial charge in [0.2, 0.25) is 5.91 Å². The van der Waals surface area contributed by atoms with Gasteiger partial charge < -0.3 is 15.4 Å². The van der Waals surface area contributed by atoms with Gasteiger partial charge in [-0.15, -0.1) is 0 Å². The Hall–Kier alpha value is -1.75. The second kappa shape index (κ2) is 6.86. The van der Waals surface area contributed by atoms with Gasteiger partial charge >= 0.3 is 5.97 Å². The predicted octanol–water partition coefficient (Wildman–Crippen LogP) is 1.43. The first-order chi connectivity index (χ1) is 8.52. The summed E-state index contributed by atoms with van der Waals surface area (Å²) in [5.41, 5.74) is 0.804. The van der Waals surface area contributed by atoms with Crippen molar-refractivity contribution in [3.63, 3.8) is 0 Å². The monoisotopic (exact) mass is 270 g/mol. The molecule has 2 N–H and O–H groups in total. The largest absolute Gasteiger partial charge is 0.467 e. The maximum Gasteiger partial charge on any atom is 0.330 e. The second-order valence-corrected chi connectivity index (χ2v) is 4.10. The van der Waals surface area contributed by atoms with Crippen LogP contribution >= 0.6 is 11.6 Å². The van der Waals surface area contributed by atoms with Gasteiger partial charge in [0, 0.05) is 24.2 Å². The van der Waals surface area contributed by atoms with E-state index >= 15 is 0 Å². The van der Waals surface area contributed by atoms with Crippen LogP contribution in [0.25, 0.3) is 0 Å². The molecule has 0 heterocycles. The molecule has 0 saturated heterocycles. The smallest absolute Gasteiger partial charge is 0.330 e. The number of methoxy groups -OCH3 is 1. The van der Waals surface area contributed by atoms with Crippen LogP contribution in [-0.4, -0.2) is 31.6 Å². The Morgan fingerprint density at radius 3 is 2.44 bits per heavy atom. The van der Waals surface area contributed by atoms with Crippen molar-refractivity contribution < 1.29 is 14.3 Å². The third-order valence-electron chi connectivity index (χ3n) is 2.22. The van der Waals surface area contributed by atoms with Crippen LogP contribution in [0, 0.1) is 0 Å². The molecule has 1 rings (SSSR count). The van der Waals surface area contributed by atoms with E-state index in [1.165, 1.54) is 14.0 Å². The zero-order chi connectivity index (χ0) is 13.5. The Labute approximate surface area is 110 Å². The topological polar surface area (TPSA) is 67.4 Å². The van der Waals surface area contributed by atoms with E-state index in [9.17, 15) is 9.59 Å². The fraction of sp³-hybridized carbons (Fsp3) is 0.333. The Morgan fingerprint density at radius 2 is 1.94 bits per heavy atom. The van der Waals surface area contributed by atoms with Gasteiger partial charge in [-0.05, 0) is 24.3 Å². The lowest BCUT2D eigenvalue weighted by Crippen LogP contribution is -2.45. The highest BCUT2D eigenvalue weighted by Gasteiger charge is 2.19. The third-order valence-corrected chi connectivity index (χ3v) is 2.47. The van der Waals surface area contributed by atoms with E-state index in [1.54, 1.807) is 24.3 Å². The zero-order valence-electron chi connectivity index (χ0n) is 10.2. The second-order valence-electron chi connectivity index (χ2n) is 3.66. The van der Waals surface area contributed by atoms with Crippen LogP contribution in [-0.2, 0) is 14.3 Å². The van der Waals surface area contributed by atoms with Crippen molar-refractivity contribution in [1.82, 2.24) is 5.32 Å². The molecular weight excluding hydrogens is 256 g/mol. The van der Waals surface area contributed by atoms with Crippen LogP contribution in [0.4, 0.5) is 5.69 Å². The van der Waals surface area contributed by atoms with Gasteiger partial charge in [-0.1, -0.05) is 11.6 Å². The number of esters is 1. The summed E-state index contributed by atoms with van der Waals surface area (Å²) < 4.78 is 4.61. The molecule has 1 unspecified atom stereocenters. The average Bonchev–Trinajstić information content (AvgIpc) is 2.35. The SMILES string of the molecule is COC(=O)C(CNc1ccc(Cl)cc1)NC(C)=O. The fourth-order valence-corrected chi connectivity index (χ4v) is 1.49. The number of ether oxygens (including phenoxy) is 1. The highest BCUT2D eigenvalue weighted by Crippen LogP contribution is 2.13. The molecule has 98 valence electrons. The Balaban J connectivity index is 2.58. The molecule has 5 nitrogen and oxygen atoms in total. The van der Waals surface area contributed by atoms with Crippen molar-refractivity contribution >= 4 is 29.2 Å². The quantitative estimate of drug-likeness (QED) is 0.795. The van der Waals surface area contributed by atoms with E-state index in [-0.39, 0.29) is 12.5 Å². The van der Waals surface area contributed by atoms with E-state index < -0.39 is 12.0 Å². The molecule has 1 atom stereocenters. The van der Waals surface area contributed by atoms with Gasteiger partial charge in [-0.25, -0.2) is 4.79 Å². The third kappa shape index (κ3) is 4.63. The van der Waals surface area contributed by atoms with Crippen LogP contribution in [0.15, 0.2) is 24.3 Å². The fourth-order valence-electron chi connectivity index (χ4n) is 1.37. The molecule has 0 aliphatic rings. The molecular formula is C12H15ClN2O3. The lowest BCUT2D eigenvalue weighted by molar-refractivity contribution is -0.144. The van der Waals surface area contributed by atoms with Crippen molar-refractivity contribution in [3.8, 4) is 0 Å². The average molecular weight is 271 g/mol. The normalized spacial score (nSPS) is 11.5. The first-order valence-electron chi connectivity index (χ1n) is 5.37. The summed E-state index contributed by atoms with van der Waals surface area (Å²) in [7, 11) is 1.28. The minimum atomic E-state index is -0.719. The van der Waals surface area contributed by atoms with Gasteiger partial charge in [0.05, 0.1) is 7.11 Å². The summed E-state index contributed by atoms with van der Waals surface area (Å²) in [5.74, 6) is -0.782. The number of benzene rings is 1. The Bertz CT molecular complexity index is 420. The van der Waals surface area contributed by atoms with Gasteiger partial charge in [-0.3, -0.25) is 4.79 Å². The number of carbonyl (C=O) groups is 2. The first kappa shape index (κ1) is 14.3. The summed E-state index contributed by atoms with van der Waals surface area (Å²) in [4.78, 5) is 22.4. The van der Waals surface area contributed by atoms with Crippen molar-refractivity contribution in [3.05, 3.63) is 29.3 Å². The molecule has 1 amide bonds. The van der Waals surface area contributed by atoms with Crippen LogP contribution in [0.1, 0.15) is 6.92 Å². The molecule has 1 aromatic carbocycles. The van der Waals surface area contributed by atoms with Crippen LogP contribution in [0.3, 0.4) is 0 Å². The van der Waals surface area contributed by atoms with E-state index in [0.717, 1.165) is 5.69 Å². The number of rotatable bonds is 5. The van der Waals surface area contributed by atoms with Gasteiger partial charge in [0.25, 0.3) is 0 Å². The number of halogens is 1. The highest BCUT2D eigenvalue weighted by molar-refractivity contribution is 6.30. The molecule has 0 aromatic heterocycles.